The van der Waals surface area contributed by atoms with E-state index >= 15 is 0 Å². The summed E-state index contributed by atoms with van der Waals surface area (Å²) in [7, 11) is 0. The highest BCUT2D eigenvalue weighted by Gasteiger charge is 2.05. The maximum Gasteiger partial charge on any atom is 0.0397 e. The van der Waals surface area contributed by atoms with Crippen LogP contribution >= 0.6 is 0 Å². The summed E-state index contributed by atoms with van der Waals surface area (Å²) in [4.78, 5) is 0. The molecule has 0 aromatic heterocycles. The fraction of sp³-hybridized carbons (Fsp3) is 0.308. The van der Waals surface area contributed by atoms with Crippen LogP contribution in [0, 0.1) is 12.3 Å². The van der Waals surface area contributed by atoms with Gasteiger partial charge in [0.2, 0.25) is 0 Å². The zero-order valence-corrected chi connectivity index (χ0v) is 16.8. The summed E-state index contributed by atoms with van der Waals surface area (Å²) in [5.41, 5.74) is 7.13. The Labute approximate surface area is 165 Å². The molecule has 0 saturated carbocycles. The number of hydrogen-bond acceptors (Lipinski definition) is 1. The predicted octanol–water partition coefficient (Wildman–Crippen LogP) is 7.30. The van der Waals surface area contributed by atoms with E-state index in [0.29, 0.717) is 0 Å². The number of benzene rings is 2. The van der Waals surface area contributed by atoms with Crippen LogP contribution in [-0.2, 0) is 6.42 Å². The van der Waals surface area contributed by atoms with Crippen LogP contribution in [0.3, 0.4) is 0 Å². The van der Waals surface area contributed by atoms with Gasteiger partial charge in [0.15, 0.2) is 0 Å². The maximum atomic E-state index is 5.64. The van der Waals surface area contributed by atoms with Gasteiger partial charge in [-0.05, 0) is 54.2 Å². The lowest BCUT2D eigenvalue weighted by atomic mass is 10.0. The Morgan fingerprint density at radius 3 is 2.33 bits per heavy atom. The summed E-state index contributed by atoms with van der Waals surface area (Å²) in [5.74, 6) is 2.74. The van der Waals surface area contributed by atoms with Gasteiger partial charge in [-0.2, -0.15) is 0 Å². The third-order valence-electron chi connectivity index (χ3n) is 4.80. The second kappa shape index (κ2) is 10.4. The zero-order chi connectivity index (χ0) is 19.6. The molecule has 0 aliphatic rings. The van der Waals surface area contributed by atoms with Crippen molar-refractivity contribution in [3.63, 3.8) is 0 Å². The molecule has 0 spiro atoms. The molecular weight excluding hydrogens is 326 g/mol. The lowest BCUT2D eigenvalue weighted by molar-refractivity contribution is 0.632. The van der Waals surface area contributed by atoms with Crippen LogP contribution in [0.1, 0.15) is 68.2 Å². The Kier molecular flexibility index (Phi) is 7.96. The number of unbranched alkanes of at least 4 members (excludes halogenated alkanes) is 4. The average Bonchev–Trinajstić information content (AvgIpc) is 2.68. The van der Waals surface area contributed by atoms with Crippen LogP contribution in [0.25, 0.3) is 11.3 Å². The van der Waals surface area contributed by atoms with Gasteiger partial charge in [-0.3, -0.25) is 0 Å². The maximum absolute atomic E-state index is 5.64. The molecule has 0 aliphatic carbocycles. The number of terminal acetylenes is 1. The normalized spacial score (nSPS) is 10.3. The highest BCUT2D eigenvalue weighted by molar-refractivity contribution is 5.78. The van der Waals surface area contributed by atoms with Crippen molar-refractivity contribution in [3.05, 3.63) is 77.9 Å². The second-order valence-corrected chi connectivity index (χ2v) is 7.15. The Balaban J connectivity index is 1.96. The van der Waals surface area contributed by atoms with E-state index in [1.54, 1.807) is 0 Å². The molecule has 2 rings (SSSR count). The molecule has 0 unspecified atom stereocenters. The SMILES string of the molecule is C#Cc1cc(NC(=C)c2ccc(CCCCCCC)cc2)ccc1C(=C)C. The van der Waals surface area contributed by atoms with E-state index in [0.717, 1.165) is 40.1 Å². The first kappa shape index (κ1) is 20.6. The monoisotopic (exact) mass is 357 g/mol. The van der Waals surface area contributed by atoms with Crippen molar-refractivity contribution < 1.29 is 0 Å². The zero-order valence-electron chi connectivity index (χ0n) is 16.8. The van der Waals surface area contributed by atoms with Gasteiger partial charge in [0, 0.05) is 16.9 Å². The molecule has 0 fully saturated rings. The van der Waals surface area contributed by atoms with Crippen molar-refractivity contribution in [1.82, 2.24) is 0 Å². The Hall–Kier alpha value is -2.72. The van der Waals surface area contributed by atoms with Crippen LogP contribution < -0.4 is 5.32 Å². The van der Waals surface area contributed by atoms with Crippen molar-refractivity contribution in [3.8, 4) is 12.3 Å². The number of rotatable bonds is 10. The van der Waals surface area contributed by atoms with Crippen molar-refractivity contribution in [2.24, 2.45) is 0 Å². The van der Waals surface area contributed by atoms with Gasteiger partial charge in [0.1, 0.15) is 0 Å². The van der Waals surface area contributed by atoms with Gasteiger partial charge >= 0.3 is 0 Å². The molecule has 0 atom stereocenters. The fourth-order valence-corrected chi connectivity index (χ4v) is 3.17. The summed E-state index contributed by atoms with van der Waals surface area (Å²) in [6, 6.07) is 14.7. The molecule has 0 bridgehead atoms. The number of aryl methyl sites for hydroxylation is 1. The first-order chi connectivity index (χ1) is 13.0. The summed E-state index contributed by atoms with van der Waals surface area (Å²) < 4.78 is 0. The van der Waals surface area contributed by atoms with Crippen molar-refractivity contribution in [2.75, 3.05) is 5.32 Å². The lowest BCUT2D eigenvalue weighted by Gasteiger charge is -2.13. The molecule has 2 aromatic carbocycles. The molecule has 1 N–H and O–H groups in total. The molecule has 27 heavy (non-hydrogen) atoms. The van der Waals surface area contributed by atoms with Crippen molar-refractivity contribution in [1.29, 1.82) is 0 Å². The van der Waals surface area contributed by atoms with Crippen LogP contribution in [-0.4, -0.2) is 0 Å². The van der Waals surface area contributed by atoms with E-state index in [4.69, 9.17) is 6.42 Å². The molecule has 0 saturated heterocycles. The molecule has 140 valence electrons. The predicted molar refractivity (Wildman–Crippen MR) is 121 cm³/mol. The third kappa shape index (κ3) is 6.19. The molecule has 1 heteroatoms. The highest BCUT2D eigenvalue weighted by Crippen LogP contribution is 2.24. The number of hydrogen-bond donors (Lipinski definition) is 1. The molecule has 0 amide bonds. The first-order valence-electron chi connectivity index (χ1n) is 9.87. The van der Waals surface area contributed by atoms with Gasteiger partial charge in [-0.1, -0.05) is 82.0 Å². The molecule has 0 radical (unpaired) electrons. The molecular formula is C26H31N. The standard InChI is InChI=1S/C26H31N/c1-6-8-9-10-11-12-22-13-15-24(16-14-22)21(5)27-25-17-18-26(20(3)4)23(7-2)19-25/h2,13-19,27H,3,5-6,8-12H2,1,4H3. The van der Waals surface area contributed by atoms with Gasteiger partial charge in [-0.15, -0.1) is 6.42 Å². The van der Waals surface area contributed by atoms with Crippen molar-refractivity contribution >= 4 is 17.0 Å². The number of anilines is 1. The minimum absolute atomic E-state index is 0.846. The molecule has 1 nitrogen and oxygen atoms in total. The van der Waals surface area contributed by atoms with Gasteiger partial charge < -0.3 is 5.32 Å². The van der Waals surface area contributed by atoms with Crippen molar-refractivity contribution in [2.45, 2.75) is 52.4 Å². The van der Waals surface area contributed by atoms with E-state index < -0.39 is 0 Å². The van der Waals surface area contributed by atoms with Crippen LogP contribution in [0.15, 0.2) is 55.6 Å². The lowest BCUT2D eigenvalue weighted by Crippen LogP contribution is -1.99. The van der Waals surface area contributed by atoms with Crippen LogP contribution in [0.5, 0.6) is 0 Å². The third-order valence-corrected chi connectivity index (χ3v) is 4.80. The average molecular weight is 358 g/mol. The van der Waals surface area contributed by atoms with E-state index in [1.807, 2.05) is 25.1 Å². The minimum Gasteiger partial charge on any atom is -0.355 e. The quantitative estimate of drug-likeness (QED) is 0.347. The summed E-state index contributed by atoms with van der Waals surface area (Å²) >= 11 is 0. The smallest absolute Gasteiger partial charge is 0.0397 e. The van der Waals surface area contributed by atoms with E-state index in [-0.39, 0.29) is 0 Å². The Morgan fingerprint density at radius 1 is 1.00 bits per heavy atom. The van der Waals surface area contributed by atoms with E-state index in [1.165, 1.54) is 37.7 Å². The minimum atomic E-state index is 0.846. The van der Waals surface area contributed by atoms with E-state index in [9.17, 15) is 0 Å². The highest BCUT2D eigenvalue weighted by atomic mass is 14.9. The molecule has 2 aromatic rings. The molecule has 0 heterocycles. The van der Waals surface area contributed by atoms with E-state index in [2.05, 4.69) is 55.6 Å². The Bertz CT molecular complexity index is 818. The Morgan fingerprint density at radius 2 is 1.70 bits per heavy atom. The van der Waals surface area contributed by atoms with Gasteiger partial charge in [0.25, 0.3) is 0 Å². The van der Waals surface area contributed by atoms with Gasteiger partial charge in [0.05, 0.1) is 0 Å². The second-order valence-electron chi connectivity index (χ2n) is 7.15. The first-order valence-corrected chi connectivity index (χ1v) is 9.87. The fourth-order valence-electron chi connectivity index (χ4n) is 3.17. The summed E-state index contributed by atoms with van der Waals surface area (Å²) in [6.07, 6.45) is 13.4. The topological polar surface area (TPSA) is 12.0 Å². The van der Waals surface area contributed by atoms with Gasteiger partial charge in [-0.25, -0.2) is 0 Å². The van der Waals surface area contributed by atoms with Crippen LogP contribution in [0.4, 0.5) is 5.69 Å². The number of nitrogens with one attached hydrogen (secondary N) is 1. The van der Waals surface area contributed by atoms with Crippen LogP contribution in [0.2, 0.25) is 0 Å². The summed E-state index contributed by atoms with van der Waals surface area (Å²) in [6.45, 7) is 12.4. The summed E-state index contributed by atoms with van der Waals surface area (Å²) in [5, 5.41) is 3.37. The largest absolute Gasteiger partial charge is 0.355 e. The number of allylic oxidation sites excluding steroid dienone is 1. The molecule has 0 aliphatic heterocycles.